The summed E-state index contributed by atoms with van der Waals surface area (Å²) in [5.74, 6) is 0. The molecular formula is C11H13ClN4O. The van der Waals surface area contributed by atoms with Gasteiger partial charge in [-0.25, -0.2) is 4.98 Å². The quantitative estimate of drug-likeness (QED) is 0.847. The molecule has 6 heteroatoms. The number of halogens is 1. The third-order valence-electron chi connectivity index (χ3n) is 3.15. The standard InChI is InChI=1S/C11H13ClN4O/c1-16-5-4-7(16)6-13-11-15-10-8(17-11)2-3-9(12)14-10/h2-3,7H,4-6H2,1H3,(H,13,14,15). The van der Waals surface area contributed by atoms with Crippen LogP contribution in [0.2, 0.25) is 5.15 Å². The number of hydrogen-bond donors (Lipinski definition) is 1. The summed E-state index contributed by atoms with van der Waals surface area (Å²) < 4.78 is 5.52. The van der Waals surface area contributed by atoms with Crippen LogP contribution in [0.5, 0.6) is 0 Å². The van der Waals surface area contributed by atoms with Crippen molar-refractivity contribution in [2.45, 2.75) is 12.5 Å². The first-order chi connectivity index (χ1) is 8.22. The normalized spacial score (nSPS) is 20.5. The average molecular weight is 253 g/mol. The Morgan fingerprint density at radius 1 is 1.53 bits per heavy atom. The zero-order chi connectivity index (χ0) is 11.8. The number of aromatic nitrogens is 2. The summed E-state index contributed by atoms with van der Waals surface area (Å²) in [5, 5.41) is 3.61. The van der Waals surface area contributed by atoms with Crippen LogP contribution in [0.15, 0.2) is 16.5 Å². The lowest BCUT2D eigenvalue weighted by atomic mass is 10.1. The van der Waals surface area contributed by atoms with E-state index in [1.54, 1.807) is 12.1 Å². The van der Waals surface area contributed by atoms with Gasteiger partial charge in [-0.15, -0.1) is 0 Å². The summed E-state index contributed by atoms with van der Waals surface area (Å²) in [6.45, 7) is 2.01. The molecule has 1 atom stereocenters. The summed E-state index contributed by atoms with van der Waals surface area (Å²) in [5.41, 5.74) is 1.20. The maximum absolute atomic E-state index is 5.79. The lowest BCUT2D eigenvalue weighted by Gasteiger charge is -2.37. The number of oxazole rings is 1. The number of hydrogen-bond acceptors (Lipinski definition) is 5. The molecule has 0 amide bonds. The molecule has 1 fully saturated rings. The fourth-order valence-corrected chi connectivity index (χ4v) is 2.05. The highest BCUT2D eigenvalue weighted by Gasteiger charge is 2.23. The molecular weight excluding hydrogens is 240 g/mol. The third-order valence-corrected chi connectivity index (χ3v) is 3.36. The molecule has 1 N–H and O–H groups in total. The van der Waals surface area contributed by atoms with E-state index in [0.717, 1.165) is 13.1 Å². The first-order valence-corrected chi connectivity index (χ1v) is 5.97. The van der Waals surface area contributed by atoms with Crippen molar-refractivity contribution in [2.24, 2.45) is 0 Å². The van der Waals surface area contributed by atoms with E-state index in [0.29, 0.717) is 28.4 Å². The van der Waals surface area contributed by atoms with Gasteiger partial charge in [-0.05, 0) is 32.1 Å². The minimum absolute atomic E-state index is 0.427. The summed E-state index contributed by atoms with van der Waals surface area (Å²) in [6, 6.07) is 4.55. The molecule has 17 heavy (non-hydrogen) atoms. The summed E-state index contributed by atoms with van der Waals surface area (Å²) in [6.07, 6.45) is 1.22. The minimum atomic E-state index is 0.427. The van der Waals surface area contributed by atoms with Gasteiger partial charge in [0.2, 0.25) is 5.65 Å². The second-order valence-corrected chi connectivity index (χ2v) is 4.67. The molecule has 0 radical (unpaired) electrons. The Kier molecular flexibility index (Phi) is 2.64. The number of likely N-dealkylation sites (N-methyl/N-ethyl adjacent to an activating group) is 1. The van der Waals surface area contributed by atoms with Crippen molar-refractivity contribution in [3.05, 3.63) is 17.3 Å². The van der Waals surface area contributed by atoms with Gasteiger partial charge in [-0.3, -0.25) is 0 Å². The molecule has 0 aromatic carbocycles. The van der Waals surface area contributed by atoms with Crippen LogP contribution < -0.4 is 5.32 Å². The van der Waals surface area contributed by atoms with Gasteiger partial charge in [-0.2, -0.15) is 4.98 Å². The van der Waals surface area contributed by atoms with Gasteiger partial charge >= 0.3 is 0 Å². The fraction of sp³-hybridized carbons (Fsp3) is 0.455. The van der Waals surface area contributed by atoms with E-state index >= 15 is 0 Å². The van der Waals surface area contributed by atoms with Crippen LogP contribution in [-0.4, -0.2) is 41.0 Å². The van der Waals surface area contributed by atoms with E-state index in [-0.39, 0.29) is 0 Å². The predicted octanol–water partition coefficient (Wildman–Crippen LogP) is 1.99. The highest BCUT2D eigenvalue weighted by Crippen LogP contribution is 2.20. The molecule has 2 aromatic rings. The lowest BCUT2D eigenvalue weighted by Crippen LogP contribution is -2.48. The molecule has 5 nitrogen and oxygen atoms in total. The van der Waals surface area contributed by atoms with Crippen molar-refractivity contribution in [2.75, 3.05) is 25.5 Å². The monoisotopic (exact) mass is 252 g/mol. The van der Waals surface area contributed by atoms with Gasteiger partial charge in [0.25, 0.3) is 6.01 Å². The molecule has 0 spiro atoms. The van der Waals surface area contributed by atoms with E-state index in [4.69, 9.17) is 16.0 Å². The number of pyridine rings is 1. The topological polar surface area (TPSA) is 54.2 Å². The second kappa shape index (κ2) is 4.16. The van der Waals surface area contributed by atoms with Gasteiger partial charge in [0, 0.05) is 12.6 Å². The predicted molar refractivity (Wildman–Crippen MR) is 66.3 cm³/mol. The first kappa shape index (κ1) is 10.8. The number of likely N-dealkylation sites (tertiary alicyclic amines) is 1. The first-order valence-electron chi connectivity index (χ1n) is 5.59. The molecule has 3 heterocycles. The summed E-state index contributed by atoms with van der Waals surface area (Å²) in [7, 11) is 2.11. The van der Waals surface area contributed by atoms with Gasteiger partial charge < -0.3 is 14.6 Å². The van der Waals surface area contributed by atoms with Crippen LogP contribution in [0.25, 0.3) is 11.2 Å². The van der Waals surface area contributed by atoms with E-state index in [9.17, 15) is 0 Å². The molecule has 0 bridgehead atoms. The number of nitrogens with zero attached hydrogens (tertiary/aromatic N) is 3. The molecule has 2 aromatic heterocycles. The van der Waals surface area contributed by atoms with E-state index in [2.05, 4.69) is 27.2 Å². The van der Waals surface area contributed by atoms with E-state index in [1.165, 1.54) is 6.42 Å². The maximum atomic E-state index is 5.79. The smallest absolute Gasteiger partial charge is 0.297 e. The summed E-state index contributed by atoms with van der Waals surface area (Å²) >= 11 is 5.79. The lowest BCUT2D eigenvalue weighted by molar-refractivity contribution is 0.136. The number of fused-ring (bicyclic) bond motifs is 1. The van der Waals surface area contributed by atoms with E-state index in [1.807, 2.05) is 0 Å². The van der Waals surface area contributed by atoms with Crippen LogP contribution >= 0.6 is 11.6 Å². The summed E-state index contributed by atoms with van der Waals surface area (Å²) in [4.78, 5) is 10.6. The Morgan fingerprint density at radius 2 is 2.41 bits per heavy atom. The molecule has 1 saturated heterocycles. The molecule has 1 aliphatic heterocycles. The zero-order valence-corrected chi connectivity index (χ0v) is 10.2. The van der Waals surface area contributed by atoms with Gasteiger partial charge in [-0.1, -0.05) is 11.6 Å². The van der Waals surface area contributed by atoms with Gasteiger partial charge in [0.15, 0.2) is 5.58 Å². The second-order valence-electron chi connectivity index (χ2n) is 4.28. The van der Waals surface area contributed by atoms with Crippen molar-refractivity contribution in [1.82, 2.24) is 14.9 Å². The molecule has 0 aliphatic carbocycles. The van der Waals surface area contributed by atoms with E-state index < -0.39 is 0 Å². The Morgan fingerprint density at radius 3 is 3.12 bits per heavy atom. The molecule has 1 unspecified atom stereocenters. The average Bonchev–Trinajstić information content (AvgIpc) is 2.69. The largest absolute Gasteiger partial charge is 0.422 e. The third kappa shape index (κ3) is 2.08. The molecule has 90 valence electrons. The Hall–Kier alpha value is -1.33. The van der Waals surface area contributed by atoms with Crippen LogP contribution in [0.3, 0.4) is 0 Å². The molecule has 3 rings (SSSR count). The van der Waals surface area contributed by atoms with Crippen molar-refractivity contribution in [1.29, 1.82) is 0 Å². The highest BCUT2D eigenvalue weighted by molar-refractivity contribution is 6.29. The number of rotatable bonds is 3. The van der Waals surface area contributed by atoms with Crippen molar-refractivity contribution < 1.29 is 4.42 Å². The Balaban J connectivity index is 1.72. The molecule has 0 saturated carbocycles. The SMILES string of the molecule is CN1CCC1CNc1nc2nc(Cl)ccc2o1. The van der Waals surface area contributed by atoms with Crippen molar-refractivity contribution >= 4 is 28.8 Å². The maximum Gasteiger partial charge on any atom is 0.297 e. The van der Waals surface area contributed by atoms with Crippen LogP contribution in [0.1, 0.15) is 6.42 Å². The Bertz CT molecular complexity index is 541. The van der Waals surface area contributed by atoms with Crippen LogP contribution in [0, 0.1) is 0 Å². The number of nitrogens with one attached hydrogen (secondary N) is 1. The highest BCUT2D eigenvalue weighted by atomic mass is 35.5. The van der Waals surface area contributed by atoms with Gasteiger partial charge in [0.05, 0.1) is 0 Å². The van der Waals surface area contributed by atoms with Crippen LogP contribution in [-0.2, 0) is 0 Å². The molecule has 1 aliphatic rings. The van der Waals surface area contributed by atoms with Gasteiger partial charge in [0.1, 0.15) is 5.15 Å². The minimum Gasteiger partial charge on any atom is -0.422 e. The van der Waals surface area contributed by atoms with Crippen molar-refractivity contribution in [3.8, 4) is 0 Å². The number of anilines is 1. The van der Waals surface area contributed by atoms with Crippen molar-refractivity contribution in [3.63, 3.8) is 0 Å². The zero-order valence-electron chi connectivity index (χ0n) is 9.48. The Labute approximate surface area is 104 Å². The van der Waals surface area contributed by atoms with Crippen LogP contribution in [0.4, 0.5) is 6.01 Å². The fourth-order valence-electron chi connectivity index (χ4n) is 1.90.